The monoisotopic (exact) mass is 495 g/mol. The van der Waals surface area contributed by atoms with Gasteiger partial charge in [-0.2, -0.15) is 0 Å². The van der Waals surface area contributed by atoms with E-state index in [0.717, 1.165) is 25.7 Å². The summed E-state index contributed by atoms with van der Waals surface area (Å²) in [6.07, 6.45) is 23.4. The molecule has 0 radical (unpaired) electrons. The topological polar surface area (TPSA) is 98.3 Å². The second kappa shape index (κ2) is 19.3. The molecule has 0 heterocycles. The number of carboxylic acid groups (broad SMARTS) is 1. The average Bonchev–Trinajstić information content (AvgIpc) is 2.77. The minimum Gasteiger partial charge on any atom is -0.544 e. The van der Waals surface area contributed by atoms with E-state index in [2.05, 4.69) is 29.7 Å². The largest absolute Gasteiger partial charge is 0.544 e. The van der Waals surface area contributed by atoms with Crippen molar-refractivity contribution in [1.29, 1.82) is 0 Å². The number of allylic oxidation sites excluding steroid dienone is 2. The molecule has 0 aromatic carbocycles. The van der Waals surface area contributed by atoms with Gasteiger partial charge in [0.15, 0.2) is 11.7 Å². The van der Waals surface area contributed by atoms with Gasteiger partial charge in [0.25, 0.3) is 0 Å². The molecule has 0 spiro atoms. The highest BCUT2D eigenvalue weighted by atomic mass is 16.4. The normalized spacial score (nSPS) is 14.0. The van der Waals surface area contributed by atoms with Gasteiger partial charge < -0.3 is 25.0 Å². The van der Waals surface area contributed by atoms with Gasteiger partial charge in [-0.15, -0.1) is 0 Å². The lowest BCUT2D eigenvalue weighted by Crippen LogP contribution is -2.78. The molecule has 35 heavy (non-hydrogen) atoms. The molecule has 7 nitrogen and oxygen atoms in total. The average molecular weight is 496 g/mol. The Morgan fingerprint density at radius 3 is 1.63 bits per heavy atom. The molecule has 0 saturated heterocycles. The molecule has 0 saturated carbocycles. The molecular formula is C28H53N3O4. The van der Waals surface area contributed by atoms with Crippen molar-refractivity contribution in [3.8, 4) is 0 Å². The van der Waals surface area contributed by atoms with Crippen molar-refractivity contribution in [3.05, 3.63) is 12.2 Å². The third-order valence-electron chi connectivity index (χ3n) is 6.95. The minimum absolute atomic E-state index is 0.00174. The Hall–Kier alpha value is -1.89. The SMILES string of the molecule is CCCCCCCC/C=C\CCCCCCCCC(C)C(NC=O)(NC=O)C(C(=O)[O-])[N+](C)(C)C. The number of unbranched alkanes of at least 4 members (excludes halogenated alkanes) is 12. The number of hydrogen-bond donors (Lipinski definition) is 2. The number of carbonyl (C=O) groups excluding carboxylic acids is 3. The van der Waals surface area contributed by atoms with E-state index >= 15 is 0 Å². The highest BCUT2D eigenvalue weighted by Gasteiger charge is 2.51. The van der Waals surface area contributed by atoms with Crippen LogP contribution in [0.15, 0.2) is 12.2 Å². The molecule has 0 bridgehead atoms. The number of nitrogens with zero attached hydrogens (tertiary/aromatic N) is 1. The Balaban J connectivity index is 4.32. The number of rotatable bonds is 24. The van der Waals surface area contributed by atoms with Crippen LogP contribution in [0.3, 0.4) is 0 Å². The van der Waals surface area contributed by atoms with Gasteiger partial charge in [0.2, 0.25) is 12.8 Å². The minimum atomic E-state index is -1.41. The first-order valence-electron chi connectivity index (χ1n) is 13.8. The zero-order valence-electron chi connectivity index (χ0n) is 23.2. The summed E-state index contributed by atoms with van der Waals surface area (Å²) in [7, 11) is 5.14. The predicted molar refractivity (Wildman–Crippen MR) is 141 cm³/mol. The Morgan fingerprint density at radius 1 is 0.800 bits per heavy atom. The number of aliphatic carboxylic acids is 1. The molecule has 0 rings (SSSR count). The van der Waals surface area contributed by atoms with E-state index in [0.29, 0.717) is 19.2 Å². The molecule has 0 aliphatic rings. The fourth-order valence-electron chi connectivity index (χ4n) is 4.99. The molecule has 0 aliphatic carbocycles. The summed E-state index contributed by atoms with van der Waals surface area (Å²) in [6, 6.07) is -1.14. The van der Waals surface area contributed by atoms with E-state index in [9.17, 15) is 19.5 Å². The summed E-state index contributed by atoms with van der Waals surface area (Å²) in [6.45, 7) is 4.12. The Bertz CT molecular complexity index is 592. The van der Waals surface area contributed by atoms with Gasteiger partial charge in [-0.25, -0.2) is 0 Å². The molecule has 2 amide bonds. The van der Waals surface area contributed by atoms with Crippen LogP contribution in [0.2, 0.25) is 0 Å². The number of hydrogen-bond acceptors (Lipinski definition) is 4. The number of nitrogens with one attached hydrogen (secondary N) is 2. The van der Waals surface area contributed by atoms with E-state index in [1.54, 1.807) is 21.1 Å². The summed E-state index contributed by atoms with van der Waals surface area (Å²) < 4.78 is 0.00174. The predicted octanol–water partition coefficient (Wildman–Crippen LogP) is 4.06. The molecule has 2 atom stereocenters. The summed E-state index contributed by atoms with van der Waals surface area (Å²) in [5.41, 5.74) is -1.41. The van der Waals surface area contributed by atoms with Crippen molar-refractivity contribution >= 4 is 18.8 Å². The quantitative estimate of drug-likeness (QED) is 0.0693. The van der Waals surface area contributed by atoms with E-state index in [1.807, 2.05) is 6.92 Å². The van der Waals surface area contributed by atoms with Crippen LogP contribution in [0.1, 0.15) is 110 Å². The fourth-order valence-corrected chi connectivity index (χ4v) is 4.99. The van der Waals surface area contributed by atoms with Crippen molar-refractivity contribution in [2.75, 3.05) is 21.1 Å². The van der Waals surface area contributed by atoms with Crippen molar-refractivity contribution < 1.29 is 24.0 Å². The summed E-state index contributed by atoms with van der Waals surface area (Å²) >= 11 is 0. The smallest absolute Gasteiger partial charge is 0.209 e. The van der Waals surface area contributed by atoms with Crippen LogP contribution >= 0.6 is 0 Å². The third kappa shape index (κ3) is 13.7. The highest BCUT2D eigenvalue weighted by molar-refractivity contribution is 5.74. The van der Waals surface area contributed by atoms with Crippen LogP contribution < -0.4 is 15.7 Å². The van der Waals surface area contributed by atoms with Gasteiger partial charge in [-0.3, -0.25) is 9.59 Å². The lowest BCUT2D eigenvalue weighted by atomic mass is 9.81. The molecule has 2 unspecified atom stereocenters. The van der Waals surface area contributed by atoms with Crippen LogP contribution in [0.5, 0.6) is 0 Å². The lowest BCUT2D eigenvalue weighted by Gasteiger charge is -2.49. The van der Waals surface area contributed by atoms with Gasteiger partial charge >= 0.3 is 0 Å². The molecule has 0 aromatic heterocycles. The number of quaternary nitrogens is 1. The summed E-state index contributed by atoms with van der Waals surface area (Å²) in [5.74, 6) is -1.59. The Kier molecular flexibility index (Phi) is 18.3. The maximum atomic E-state index is 12.0. The number of carboxylic acids is 1. The van der Waals surface area contributed by atoms with Crippen molar-refractivity contribution in [1.82, 2.24) is 10.6 Å². The maximum absolute atomic E-state index is 12.0. The van der Waals surface area contributed by atoms with E-state index < -0.39 is 17.7 Å². The van der Waals surface area contributed by atoms with Gasteiger partial charge in [-0.1, -0.05) is 90.2 Å². The fraction of sp³-hybridized carbons (Fsp3) is 0.821. The zero-order chi connectivity index (χ0) is 26.6. The first kappa shape index (κ1) is 33.1. The molecule has 0 aromatic rings. The van der Waals surface area contributed by atoms with Crippen LogP contribution in [-0.2, 0) is 14.4 Å². The first-order valence-corrected chi connectivity index (χ1v) is 13.8. The van der Waals surface area contributed by atoms with Crippen molar-refractivity contribution in [2.24, 2.45) is 5.92 Å². The molecule has 7 heteroatoms. The lowest BCUT2D eigenvalue weighted by molar-refractivity contribution is -0.894. The third-order valence-corrected chi connectivity index (χ3v) is 6.95. The van der Waals surface area contributed by atoms with Crippen molar-refractivity contribution in [3.63, 3.8) is 0 Å². The van der Waals surface area contributed by atoms with Gasteiger partial charge in [-0.05, 0) is 32.1 Å². The highest BCUT2D eigenvalue weighted by Crippen LogP contribution is 2.28. The van der Waals surface area contributed by atoms with E-state index in [4.69, 9.17) is 0 Å². The summed E-state index contributed by atoms with van der Waals surface area (Å²) in [5, 5.41) is 17.3. The number of carbonyl (C=O) groups is 3. The van der Waals surface area contributed by atoms with Crippen molar-refractivity contribution in [2.45, 2.75) is 122 Å². The number of likely N-dealkylation sites (N-methyl/N-ethyl adjacent to an activating group) is 1. The molecular weight excluding hydrogens is 442 g/mol. The summed E-state index contributed by atoms with van der Waals surface area (Å²) in [4.78, 5) is 34.8. The first-order chi connectivity index (χ1) is 16.7. The van der Waals surface area contributed by atoms with E-state index in [1.165, 1.54) is 64.2 Å². The Morgan fingerprint density at radius 2 is 1.23 bits per heavy atom. The van der Waals surface area contributed by atoms with Crippen LogP contribution in [0.25, 0.3) is 0 Å². The second-order valence-electron chi connectivity index (χ2n) is 10.9. The van der Waals surface area contributed by atoms with Gasteiger partial charge in [0, 0.05) is 5.92 Å². The second-order valence-corrected chi connectivity index (χ2v) is 10.9. The zero-order valence-corrected chi connectivity index (χ0v) is 23.2. The molecule has 2 N–H and O–H groups in total. The number of amides is 2. The standard InChI is InChI=1S/C28H53N3O4/c1-6-7-8-9-10-11-12-13-14-15-16-17-18-19-20-21-22-25(2)28(29-23-32,30-24-33)26(27(34)35)31(3,4)5/h13-14,23-26H,6-12,15-22H2,1-5H3,(H2-,29,30,32,33,34,35)/b14-13-. The van der Waals surface area contributed by atoms with Gasteiger partial charge in [0.05, 0.1) is 21.1 Å². The maximum Gasteiger partial charge on any atom is 0.209 e. The molecule has 0 aliphatic heterocycles. The van der Waals surface area contributed by atoms with E-state index in [-0.39, 0.29) is 10.4 Å². The van der Waals surface area contributed by atoms with Crippen LogP contribution in [0, 0.1) is 5.92 Å². The van der Waals surface area contributed by atoms with Crippen LogP contribution in [-0.4, -0.2) is 56.1 Å². The molecule has 0 fully saturated rings. The van der Waals surface area contributed by atoms with Crippen LogP contribution in [0.4, 0.5) is 0 Å². The molecule has 204 valence electrons. The Labute approximate surface area is 214 Å². The van der Waals surface area contributed by atoms with Gasteiger partial charge in [0.1, 0.15) is 5.97 Å².